The highest BCUT2D eigenvalue weighted by molar-refractivity contribution is 9.12. The lowest BCUT2D eigenvalue weighted by Crippen LogP contribution is -1.68. The van der Waals surface area contributed by atoms with Crippen molar-refractivity contribution in [3.05, 3.63) is 22.8 Å². The molecular weight excluding hydrogens is 223 g/mol. The zero-order valence-corrected chi connectivity index (χ0v) is 8.96. The van der Waals surface area contributed by atoms with Crippen LogP contribution in [0.15, 0.2) is 22.8 Å². The molecule has 0 N–H and O–H groups in total. The highest BCUT2D eigenvalue weighted by atomic mass is 79.9. The highest BCUT2D eigenvalue weighted by Gasteiger charge is 1.83. The first-order chi connectivity index (χ1) is 5.20. The number of rotatable bonds is 2. The standard InChI is InChI=1S/C9H10BrCl/c1-3-9(11)5-4-8(2)6-7-10/h4-5H,3H2,1-2H3/b8-4+,9-5+. The minimum atomic E-state index is 0.848. The fourth-order valence-corrected chi connectivity index (χ4v) is 0.825. The van der Waals surface area contributed by atoms with Crippen molar-refractivity contribution in [2.45, 2.75) is 20.3 Å². The monoisotopic (exact) mass is 232 g/mol. The Morgan fingerprint density at radius 2 is 2.18 bits per heavy atom. The molecule has 0 saturated carbocycles. The normalized spacial score (nSPS) is 12.4. The average molecular weight is 234 g/mol. The molecule has 0 spiro atoms. The van der Waals surface area contributed by atoms with Crippen molar-refractivity contribution in [3.63, 3.8) is 0 Å². The van der Waals surface area contributed by atoms with Crippen molar-refractivity contribution >= 4 is 27.5 Å². The maximum Gasteiger partial charge on any atom is 0.0178 e. The molecule has 60 valence electrons. The van der Waals surface area contributed by atoms with Crippen LogP contribution in [0, 0.1) is 10.8 Å². The van der Waals surface area contributed by atoms with Crippen molar-refractivity contribution in [2.24, 2.45) is 0 Å². The molecule has 0 bridgehead atoms. The molecule has 0 heterocycles. The van der Waals surface area contributed by atoms with Gasteiger partial charge in [0.2, 0.25) is 0 Å². The van der Waals surface area contributed by atoms with Gasteiger partial charge in [0.1, 0.15) is 0 Å². The van der Waals surface area contributed by atoms with Gasteiger partial charge in [0, 0.05) is 21.0 Å². The van der Waals surface area contributed by atoms with E-state index in [0.717, 1.165) is 17.0 Å². The van der Waals surface area contributed by atoms with Gasteiger partial charge in [0.05, 0.1) is 0 Å². The molecule has 0 nitrogen and oxygen atoms in total. The first kappa shape index (κ1) is 10.8. The van der Waals surface area contributed by atoms with E-state index in [4.69, 9.17) is 11.6 Å². The fraction of sp³-hybridized carbons (Fsp3) is 0.333. The van der Waals surface area contributed by atoms with Crippen LogP contribution in [0.1, 0.15) is 20.3 Å². The second-order valence-corrected chi connectivity index (χ2v) is 2.92. The Kier molecular flexibility index (Phi) is 6.40. The molecule has 0 atom stereocenters. The summed E-state index contributed by atoms with van der Waals surface area (Å²) >= 11 is 8.78. The summed E-state index contributed by atoms with van der Waals surface area (Å²) in [5, 5.41) is 0.848. The predicted molar refractivity (Wildman–Crippen MR) is 54.7 cm³/mol. The van der Waals surface area contributed by atoms with Gasteiger partial charge >= 0.3 is 0 Å². The Morgan fingerprint density at radius 3 is 2.64 bits per heavy atom. The van der Waals surface area contributed by atoms with Gasteiger partial charge in [0.15, 0.2) is 0 Å². The van der Waals surface area contributed by atoms with E-state index in [1.807, 2.05) is 26.0 Å². The Balaban J connectivity index is 4.18. The van der Waals surface area contributed by atoms with Crippen LogP contribution in [-0.4, -0.2) is 0 Å². The van der Waals surface area contributed by atoms with Crippen molar-refractivity contribution in [1.29, 1.82) is 0 Å². The molecule has 0 aromatic carbocycles. The van der Waals surface area contributed by atoms with Crippen molar-refractivity contribution < 1.29 is 0 Å². The van der Waals surface area contributed by atoms with E-state index < -0.39 is 0 Å². The molecule has 0 aliphatic rings. The maximum atomic E-state index is 5.77. The summed E-state index contributed by atoms with van der Waals surface area (Å²) in [6.45, 7) is 3.95. The molecule has 0 aromatic heterocycles. The zero-order valence-electron chi connectivity index (χ0n) is 6.62. The van der Waals surface area contributed by atoms with Crippen LogP contribution in [0.2, 0.25) is 0 Å². The van der Waals surface area contributed by atoms with Crippen LogP contribution >= 0.6 is 27.5 Å². The summed E-state index contributed by atoms with van der Waals surface area (Å²) in [7, 11) is 0. The molecule has 0 radical (unpaired) electrons. The second kappa shape index (κ2) is 6.52. The quantitative estimate of drug-likeness (QED) is 0.502. The molecule has 11 heavy (non-hydrogen) atoms. The molecule has 0 aliphatic carbocycles. The van der Waals surface area contributed by atoms with Gasteiger partial charge in [-0.15, -0.1) is 0 Å². The average Bonchev–Trinajstić information content (AvgIpc) is 2.01. The highest BCUT2D eigenvalue weighted by Crippen LogP contribution is 2.06. The third kappa shape index (κ3) is 6.22. The van der Waals surface area contributed by atoms with Crippen LogP contribution in [0.5, 0.6) is 0 Å². The summed E-state index contributed by atoms with van der Waals surface area (Å²) in [5.74, 6) is 2.85. The molecule has 0 rings (SSSR count). The Bertz CT molecular complexity index is 228. The second-order valence-electron chi connectivity index (χ2n) is 2.04. The van der Waals surface area contributed by atoms with Gasteiger partial charge in [-0.2, -0.15) is 0 Å². The van der Waals surface area contributed by atoms with Crippen molar-refractivity contribution in [1.82, 2.24) is 0 Å². The SMILES string of the molecule is CC/C(Cl)=C\C=C(/C)C#CBr. The van der Waals surface area contributed by atoms with Gasteiger partial charge in [-0.05, 0) is 35.9 Å². The Morgan fingerprint density at radius 1 is 1.55 bits per heavy atom. The number of hydrogen-bond acceptors (Lipinski definition) is 0. The van der Waals surface area contributed by atoms with Crippen LogP contribution < -0.4 is 0 Å². The first-order valence-electron chi connectivity index (χ1n) is 3.35. The minimum absolute atomic E-state index is 0.848. The predicted octanol–water partition coefficient (Wildman–Crippen LogP) is 3.82. The van der Waals surface area contributed by atoms with Gasteiger partial charge in [-0.1, -0.05) is 24.4 Å². The topological polar surface area (TPSA) is 0 Å². The summed E-state index contributed by atoms with van der Waals surface area (Å²) in [6, 6.07) is 0. The molecular formula is C9H10BrCl. The fourth-order valence-electron chi connectivity index (χ4n) is 0.449. The van der Waals surface area contributed by atoms with Crippen molar-refractivity contribution in [3.8, 4) is 10.8 Å². The lowest BCUT2D eigenvalue weighted by molar-refractivity contribution is 1.19. The van der Waals surface area contributed by atoms with E-state index in [9.17, 15) is 0 Å². The summed E-state index contributed by atoms with van der Waals surface area (Å²) in [4.78, 5) is 2.63. The van der Waals surface area contributed by atoms with E-state index in [0.29, 0.717) is 0 Å². The molecule has 0 unspecified atom stereocenters. The molecule has 0 aliphatic heterocycles. The van der Waals surface area contributed by atoms with Crippen LogP contribution in [-0.2, 0) is 0 Å². The Labute approximate surface area is 81.4 Å². The lowest BCUT2D eigenvalue weighted by atomic mass is 10.3. The number of hydrogen-bond donors (Lipinski definition) is 0. The Hall–Kier alpha value is -0.190. The largest absolute Gasteiger partial charge is 0.0892 e. The summed E-state index contributed by atoms with van der Waals surface area (Å²) in [6.07, 6.45) is 4.64. The van der Waals surface area contributed by atoms with Crippen LogP contribution in [0.4, 0.5) is 0 Å². The van der Waals surface area contributed by atoms with Gasteiger partial charge in [-0.25, -0.2) is 0 Å². The maximum absolute atomic E-state index is 5.77. The molecule has 0 aromatic rings. The first-order valence-corrected chi connectivity index (χ1v) is 4.52. The third-order valence-electron chi connectivity index (χ3n) is 1.10. The van der Waals surface area contributed by atoms with Crippen molar-refractivity contribution in [2.75, 3.05) is 0 Å². The third-order valence-corrected chi connectivity index (χ3v) is 1.69. The summed E-state index contributed by atoms with van der Waals surface area (Å²) < 4.78 is 0. The summed E-state index contributed by atoms with van der Waals surface area (Å²) in [5.41, 5.74) is 0.994. The smallest absolute Gasteiger partial charge is 0.0178 e. The van der Waals surface area contributed by atoms with E-state index >= 15 is 0 Å². The lowest BCUT2D eigenvalue weighted by Gasteiger charge is -1.87. The van der Waals surface area contributed by atoms with E-state index in [1.54, 1.807) is 0 Å². The van der Waals surface area contributed by atoms with E-state index in [1.165, 1.54) is 0 Å². The number of halogens is 2. The molecule has 0 amide bonds. The van der Waals surface area contributed by atoms with Gasteiger partial charge < -0.3 is 0 Å². The molecule has 0 fully saturated rings. The minimum Gasteiger partial charge on any atom is -0.0892 e. The molecule has 2 heteroatoms. The molecule has 0 saturated heterocycles. The van der Waals surface area contributed by atoms with E-state index in [2.05, 4.69) is 26.7 Å². The zero-order chi connectivity index (χ0) is 8.69. The number of allylic oxidation sites excluding steroid dienone is 4. The van der Waals surface area contributed by atoms with Crippen LogP contribution in [0.25, 0.3) is 0 Å². The van der Waals surface area contributed by atoms with Crippen LogP contribution in [0.3, 0.4) is 0 Å². The van der Waals surface area contributed by atoms with Gasteiger partial charge in [0.25, 0.3) is 0 Å². The van der Waals surface area contributed by atoms with Gasteiger partial charge in [-0.3, -0.25) is 0 Å². The van der Waals surface area contributed by atoms with E-state index in [-0.39, 0.29) is 0 Å².